The lowest BCUT2D eigenvalue weighted by atomic mass is 10.5. The number of hydrogen-bond acceptors (Lipinski definition) is 9. The molecule has 240 valence electrons. The van der Waals surface area contributed by atoms with Gasteiger partial charge in [0.1, 0.15) is 1.37 Å². The molecule has 0 radical (unpaired) electrons. The predicted molar refractivity (Wildman–Crippen MR) is 168 cm³/mol. The largest absolute Gasteiger partial charge is 0.332 e. The van der Waals surface area contributed by atoms with Crippen LogP contribution in [0.25, 0.3) is 33.5 Å². The molecule has 0 amide bonds. The zero-order valence-corrected chi connectivity index (χ0v) is 24.4. The summed E-state index contributed by atoms with van der Waals surface area (Å²) in [6.07, 6.45) is 1.46. The molecule has 18 nitrogen and oxygen atoms in total. The number of imidazole rings is 3. The molecule has 0 saturated heterocycles. The van der Waals surface area contributed by atoms with Gasteiger partial charge in [-0.3, -0.25) is 41.8 Å². The van der Waals surface area contributed by atoms with E-state index in [4.69, 9.17) is 20.6 Å². The molecule has 6 aromatic rings. The SMILES string of the molecule is [2H]C([2H])([2H])n1c(=O)n(C([2H])([2H])C)c(=O)c2c1ncn2C.[2H]C([2H])([2H])n1cnc2c1c(=O)n(CC)c(=O)n2C([2H])([2H])[2H].[2H]c1nc2c(c(=O)n(CC)c(=O)n2C)n1C([2H])([2H])[2H]. The van der Waals surface area contributed by atoms with Crippen molar-refractivity contribution < 1.29 is 20.6 Å². The second-order valence-electron chi connectivity index (χ2n) is 9.07. The van der Waals surface area contributed by atoms with Gasteiger partial charge in [-0.05, 0) is 20.8 Å². The van der Waals surface area contributed by atoms with E-state index >= 15 is 0 Å². The van der Waals surface area contributed by atoms with Crippen molar-refractivity contribution in [3.63, 3.8) is 0 Å². The van der Waals surface area contributed by atoms with Crippen molar-refractivity contribution in [3.8, 4) is 0 Å². The fourth-order valence-electron chi connectivity index (χ4n) is 4.31. The molecule has 6 aromatic heterocycles. The maximum absolute atomic E-state index is 12.2. The maximum atomic E-state index is 12.2. The van der Waals surface area contributed by atoms with Crippen molar-refractivity contribution in [3.05, 3.63) is 81.5 Å². The molecule has 0 saturated carbocycles. The van der Waals surface area contributed by atoms with Gasteiger partial charge in [0.05, 0.1) is 19.0 Å². The number of aromatic nitrogens is 12. The molecule has 45 heavy (non-hydrogen) atoms. The average molecular weight is 640 g/mol. The fraction of sp³-hybridized carbons (Fsp3) is 0.444. The average Bonchev–Trinajstić information content (AvgIpc) is 3.78. The minimum absolute atomic E-state index is 0.0874. The van der Waals surface area contributed by atoms with E-state index in [-0.39, 0.29) is 40.0 Å². The Balaban J connectivity index is 0.000000199. The first kappa shape index (κ1) is 17.7. The summed E-state index contributed by atoms with van der Waals surface area (Å²) in [6, 6.07) is 0. The molecule has 0 spiro atoms. The quantitative estimate of drug-likeness (QED) is 0.219. The van der Waals surface area contributed by atoms with E-state index in [0.29, 0.717) is 22.8 Å². The third-order valence-corrected chi connectivity index (χ3v) is 6.58. The summed E-state index contributed by atoms with van der Waals surface area (Å²) >= 11 is 0. The number of hydrogen-bond donors (Lipinski definition) is 0. The van der Waals surface area contributed by atoms with Crippen LogP contribution >= 0.6 is 0 Å². The van der Waals surface area contributed by atoms with Gasteiger partial charge in [-0.1, -0.05) is 0 Å². The molecule has 0 bridgehead atoms. The van der Waals surface area contributed by atoms with Crippen molar-refractivity contribution in [1.82, 2.24) is 56.1 Å². The standard InChI is InChI=1S/3C9H12N4O2/c3*1-4-13-8(14)6-7(10-5-11(6)2)12(3)9(13)15/h3*5H,4H2,1-3H3/i3D3,4D2;2D3,5D;2D3,3D3. The highest BCUT2D eigenvalue weighted by atomic mass is 16.2. The predicted octanol–water partition coefficient (Wildman–Crippen LogP) is -1.64. The highest BCUT2D eigenvalue weighted by molar-refractivity contribution is 5.71. The molecule has 0 atom stereocenters. The summed E-state index contributed by atoms with van der Waals surface area (Å²) in [4.78, 5) is 83.9. The summed E-state index contributed by atoms with van der Waals surface area (Å²) in [5.74, 6) is 0. The van der Waals surface area contributed by atoms with Crippen LogP contribution in [0.15, 0.2) is 47.7 Å². The Labute approximate surface area is 275 Å². The molecule has 6 heterocycles. The van der Waals surface area contributed by atoms with Crippen LogP contribution in [-0.2, 0) is 61.6 Å². The second kappa shape index (κ2) is 12.2. The van der Waals surface area contributed by atoms with Gasteiger partial charge in [0.2, 0.25) is 0 Å². The van der Waals surface area contributed by atoms with Gasteiger partial charge < -0.3 is 13.7 Å². The van der Waals surface area contributed by atoms with Crippen molar-refractivity contribution in [2.75, 3.05) is 0 Å². The van der Waals surface area contributed by atoms with E-state index in [1.807, 2.05) is 0 Å². The van der Waals surface area contributed by atoms with Crippen molar-refractivity contribution in [2.45, 2.75) is 40.4 Å². The monoisotopic (exact) mass is 639 g/mol. The minimum Gasteiger partial charge on any atom is -0.328 e. The lowest BCUT2D eigenvalue weighted by Crippen LogP contribution is -2.39. The van der Waals surface area contributed by atoms with Crippen LogP contribution in [-0.4, -0.2) is 56.1 Å². The molecule has 0 N–H and O–H groups in total. The number of fused-ring (bicyclic) bond motifs is 3. The van der Waals surface area contributed by atoms with E-state index in [0.717, 1.165) is 22.4 Å². The van der Waals surface area contributed by atoms with Gasteiger partial charge in [0.25, 0.3) is 16.7 Å². The van der Waals surface area contributed by atoms with Gasteiger partial charge in [-0.15, -0.1) is 0 Å². The van der Waals surface area contributed by atoms with Gasteiger partial charge in [-0.2, -0.15) is 0 Å². The first-order valence-corrected chi connectivity index (χ1v) is 12.8. The Morgan fingerprint density at radius 2 is 1.02 bits per heavy atom. The normalized spacial score (nSPS) is 17.5. The summed E-state index contributed by atoms with van der Waals surface area (Å²) in [7, 11) is 2.84. The van der Waals surface area contributed by atoms with Crippen LogP contribution < -0.4 is 33.7 Å². The lowest BCUT2D eigenvalue weighted by Gasteiger charge is -2.05. The summed E-state index contributed by atoms with van der Waals surface area (Å²) in [5.41, 5.74) is -7.13. The minimum atomic E-state index is -2.88. The van der Waals surface area contributed by atoms with Crippen LogP contribution in [0.4, 0.5) is 0 Å². The maximum Gasteiger partial charge on any atom is 0.332 e. The van der Waals surface area contributed by atoms with E-state index in [1.165, 1.54) is 31.9 Å². The van der Waals surface area contributed by atoms with Crippen LogP contribution in [0, 0.1) is 0 Å². The first-order chi connectivity index (χ1) is 27.2. The van der Waals surface area contributed by atoms with E-state index in [2.05, 4.69) is 15.0 Å². The third-order valence-electron chi connectivity index (χ3n) is 6.58. The molecule has 0 fully saturated rings. The third kappa shape index (κ3) is 5.17. The Morgan fingerprint density at radius 1 is 0.600 bits per heavy atom. The number of rotatable bonds is 3. The summed E-state index contributed by atoms with van der Waals surface area (Å²) < 4.78 is 117. The molecular weight excluding hydrogens is 588 g/mol. The highest BCUT2D eigenvalue weighted by Gasteiger charge is 2.15. The Morgan fingerprint density at radius 3 is 1.51 bits per heavy atom. The molecule has 0 aromatic carbocycles. The van der Waals surface area contributed by atoms with Gasteiger partial charge >= 0.3 is 17.1 Å². The fourth-order valence-corrected chi connectivity index (χ4v) is 4.31. The Bertz CT molecular complexity index is 3010. The molecule has 0 aliphatic heterocycles. The summed E-state index contributed by atoms with van der Waals surface area (Å²) in [5, 5.41) is 0. The van der Waals surface area contributed by atoms with Gasteiger partial charge in [0.15, 0.2) is 33.5 Å². The molecule has 18 heteroatoms. The Kier molecular flexibility index (Phi) is 4.80. The van der Waals surface area contributed by atoms with Crippen molar-refractivity contribution >= 4 is 33.5 Å². The zero-order valence-electron chi connectivity index (χ0n) is 39.4. The molecule has 6 rings (SSSR count). The van der Waals surface area contributed by atoms with Crippen molar-refractivity contribution in [1.29, 1.82) is 0 Å². The van der Waals surface area contributed by atoms with Crippen molar-refractivity contribution in [2.24, 2.45) is 42.0 Å². The van der Waals surface area contributed by atoms with Gasteiger partial charge in [0, 0.05) is 80.8 Å². The number of aryl methyl sites for hydroxylation is 6. The smallest absolute Gasteiger partial charge is 0.328 e. The lowest BCUT2D eigenvalue weighted by molar-refractivity contribution is 0.635. The molecule has 0 unspecified atom stereocenters. The van der Waals surface area contributed by atoms with Crippen LogP contribution in [0.2, 0.25) is 0 Å². The zero-order chi connectivity index (χ0) is 46.2. The molecular formula is C27H36N12O6. The molecule has 0 aliphatic rings. The Hall–Kier alpha value is -5.55. The van der Waals surface area contributed by atoms with Crippen LogP contribution in [0.1, 0.15) is 41.3 Å². The highest BCUT2D eigenvalue weighted by Crippen LogP contribution is 2.04. The van der Waals surface area contributed by atoms with Crippen LogP contribution in [0.5, 0.6) is 0 Å². The van der Waals surface area contributed by atoms with Gasteiger partial charge in [-0.25, -0.2) is 29.3 Å². The number of nitrogens with zero attached hydrogens (tertiary/aromatic N) is 12. The first-order valence-electron chi connectivity index (χ1n) is 20.3. The van der Waals surface area contributed by atoms with Crippen LogP contribution in [0.3, 0.4) is 0 Å². The topological polar surface area (TPSA) is 185 Å². The van der Waals surface area contributed by atoms with E-state index < -0.39 is 85.6 Å². The van der Waals surface area contributed by atoms with E-state index in [1.54, 1.807) is 6.92 Å². The summed E-state index contributed by atoms with van der Waals surface area (Å²) in [6.45, 7) is -9.39. The molecule has 0 aliphatic carbocycles. The second-order valence-corrected chi connectivity index (χ2v) is 9.07. The van der Waals surface area contributed by atoms with E-state index in [9.17, 15) is 28.8 Å².